The number of hydrogen-bond acceptors (Lipinski definition) is 4. The molecule has 0 aliphatic carbocycles. The van der Waals surface area contributed by atoms with Gasteiger partial charge in [0.15, 0.2) is 0 Å². The molecule has 0 saturated carbocycles. The van der Waals surface area contributed by atoms with E-state index in [1.54, 1.807) is 0 Å². The van der Waals surface area contributed by atoms with Gasteiger partial charge in [-0.05, 0) is 24.0 Å². The maximum atomic E-state index is 6.03. The first kappa shape index (κ1) is 15.0. The number of nitrogens with two attached hydrogens (primary N) is 1. The lowest BCUT2D eigenvalue weighted by molar-refractivity contribution is 0.133. The van der Waals surface area contributed by atoms with E-state index in [-0.39, 0.29) is 5.41 Å². The molecule has 108 valence electrons. The van der Waals surface area contributed by atoms with E-state index in [0.29, 0.717) is 12.6 Å². The highest BCUT2D eigenvalue weighted by molar-refractivity contribution is 7.12. The van der Waals surface area contributed by atoms with Crippen LogP contribution in [0.5, 0.6) is 0 Å². The summed E-state index contributed by atoms with van der Waals surface area (Å²) in [5.41, 5.74) is 6.26. The Morgan fingerprint density at radius 2 is 2.11 bits per heavy atom. The third kappa shape index (κ3) is 3.78. The number of thiophene rings is 1. The average molecular weight is 282 g/mol. The van der Waals surface area contributed by atoms with E-state index in [9.17, 15) is 0 Å². The molecule has 1 unspecified atom stereocenters. The van der Waals surface area contributed by atoms with E-state index in [1.165, 1.54) is 9.75 Å². The van der Waals surface area contributed by atoms with Crippen molar-refractivity contribution in [1.29, 1.82) is 0 Å². The molecule has 1 atom stereocenters. The SMILES string of the molecule is CC(C)(C)c1ccc(C(CN)N2CCCOCC2)s1. The summed E-state index contributed by atoms with van der Waals surface area (Å²) >= 11 is 1.91. The zero-order valence-corrected chi connectivity index (χ0v) is 13.1. The van der Waals surface area contributed by atoms with Crippen LogP contribution in [0.15, 0.2) is 12.1 Å². The highest BCUT2D eigenvalue weighted by Gasteiger charge is 2.24. The van der Waals surface area contributed by atoms with Crippen LogP contribution < -0.4 is 5.73 Å². The molecule has 1 fully saturated rings. The summed E-state index contributed by atoms with van der Waals surface area (Å²) in [6.45, 7) is 11.3. The Balaban J connectivity index is 2.14. The maximum absolute atomic E-state index is 6.03. The Hall–Kier alpha value is -0.420. The minimum absolute atomic E-state index is 0.226. The average Bonchev–Trinajstić information content (AvgIpc) is 2.68. The number of nitrogens with zero attached hydrogens (tertiary/aromatic N) is 1. The van der Waals surface area contributed by atoms with Crippen molar-refractivity contribution in [1.82, 2.24) is 4.90 Å². The smallest absolute Gasteiger partial charge is 0.0593 e. The summed E-state index contributed by atoms with van der Waals surface area (Å²) in [5, 5.41) is 0. The summed E-state index contributed by atoms with van der Waals surface area (Å²) in [4.78, 5) is 5.31. The van der Waals surface area contributed by atoms with Gasteiger partial charge in [0, 0.05) is 36.0 Å². The van der Waals surface area contributed by atoms with Gasteiger partial charge in [-0.25, -0.2) is 0 Å². The topological polar surface area (TPSA) is 38.5 Å². The van der Waals surface area contributed by atoms with Crippen LogP contribution >= 0.6 is 11.3 Å². The predicted octanol–water partition coefficient (Wildman–Crippen LogP) is 2.77. The van der Waals surface area contributed by atoms with Gasteiger partial charge in [-0.2, -0.15) is 0 Å². The van der Waals surface area contributed by atoms with Crippen LogP contribution in [0.3, 0.4) is 0 Å². The zero-order valence-electron chi connectivity index (χ0n) is 12.3. The minimum Gasteiger partial charge on any atom is -0.380 e. The first-order valence-electron chi connectivity index (χ1n) is 7.14. The molecule has 1 aromatic rings. The first-order chi connectivity index (χ1) is 9.02. The van der Waals surface area contributed by atoms with E-state index in [4.69, 9.17) is 10.5 Å². The van der Waals surface area contributed by atoms with Gasteiger partial charge in [0.1, 0.15) is 0 Å². The minimum atomic E-state index is 0.226. The molecule has 1 aliphatic heterocycles. The van der Waals surface area contributed by atoms with Crippen molar-refractivity contribution < 1.29 is 4.74 Å². The number of rotatable bonds is 3. The van der Waals surface area contributed by atoms with E-state index in [1.807, 2.05) is 11.3 Å². The van der Waals surface area contributed by atoms with Gasteiger partial charge in [0.05, 0.1) is 12.6 Å². The Kier molecular flexibility index (Phi) is 5.01. The van der Waals surface area contributed by atoms with Crippen LogP contribution in [0, 0.1) is 0 Å². The molecule has 0 aromatic carbocycles. The Labute approximate surface area is 120 Å². The maximum Gasteiger partial charge on any atom is 0.0593 e. The van der Waals surface area contributed by atoms with Crippen molar-refractivity contribution in [3.63, 3.8) is 0 Å². The van der Waals surface area contributed by atoms with Gasteiger partial charge in [-0.1, -0.05) is 20.8 Å². The van der Waals surface area contributed by atoms with Gasteiger partial charge in [0.25, 0.3) is 0 Å². The standard InChI is InChI=1S/C15H26N2OS/c1-15(2,3)14-6-5-13(19-14)12(11-16)17-7-4-9-18-10-8-17/h5-6,12H,4,7-11,16H2,1-3H3. The van der Waals surface area contributed by atoms with Crippen LogP contribution in [-0.2, 0) is 10.2 Å². The molecule has 4 heteroatoms. The molecule has 0 amide bonds. The second-order valence-electron chi connectivity index (χ2n) is 6.21. The summed E-state index contributed by atoms with van der Waals surface area (Å²) < 4.78 is 5.54. The van der Waals surface area contributed by atoms with Gasteiger partial charge in [-0.15, -0.1) is 11.3 Å². The van der Waals surface area contributed by atoms with E-state index in [0.717, 1.165) is 32.7 Å². The molecular weight excluding hydrogens is 256 g/mol. The number of hydrogen-bond donors (Lipinski definition) is 1. The summed E-state index contributed by atoms with van der Waals surface area (Å²) in [6, 6.07) is 4.87. The van der Waals surface area contributed by atoms with Gasteiger partial charge in [0.2, 0.25) is 0 Å². The van der Waals surface area contributed by atoms with Crippen LogP contribution in [0.2, 0.25) is 0 Å². The molecule has 1 aromatic heterocycles. The Morgan fingerprint density at radius 1 is 1.32 bits per heavy atom. The van der Waals surface area contributed by atoms with Crippen molar-refractivity contribution >= 4 is 11.3 Å². The first-order valence-corrected chi connectivity index (χ1v) is 7.96. The third-order valence-corrected chi connectivity index (χ3v) is 5.23. The lowest BCUT2D eigenvalue weighted by Crippen LogP contribution is -2.35. The van der Waals surface area contributed by atoms with Crippen molar-refractivity contribution in [2.24, 2.45) is 5.73 Å². The van der Waals surface area contributed by atoms with Crippen molar-refractivity contribution in [3.8, 4) is 0 Å². The van der Waals surface area contributed by atoms with Crippen molar-refractivity contribution in [3.05, 3.63) is 21.9 Å². The normalized spacial score (nSPS) is 20.2. The quantitative estimate of drug-likeness (QED) is 0.926. The Morgan fingerprint density at radius 3 is 2.74 bits per heavy atom. The molecule has 0 spiro atoms. The lowest BCUT2D eigenvalue weighted by atomic mass is 9.95. The highest BCUT2D eigenvalue weighted by Crippen LogP contribution is 2.34. The van der Waals surface area contributed by atoms with E-state index in [2.05, 4.69) is 37.8 Å². The van der Waals surface area contributed by atoms with E-state index >= 15 is 0 Å². The number of ether oxygens (including phenoxy) is 1. The molecule has 0 bridgehead atoms. The van der Waals surface area contributed by atoms with Crippen molar-refractivity contribution in [2.75, 3.05) is 32.8 Å². The third-order valence-electron chi connectivity index (χ3n) is 3.62. The molecule has 3 nitrogen and oxygen atoms in total. The summed E-state index contributed by atoms with van der Waals surface area (Å²) in [7, 11) is 0. The van der Waals surface area contributed by atoms with Gasteiger partial charge in [-0.3, -0.25) is 4.90 Å². The fraction of sp³-hybridized carbons (Fsp3) is 0.733. The fourth-order valence-corrected chi connectivity index (χ4v) is 3.67. The monoisotopic (exact) mass is 282 g/mol. The second-order valence-corrected chi connectivity index (χ2v) is 7.32. The van der Waals surface area contributed by atoms with Crippen LogP contribution in [0.4, 0.5) is 0 Å². The van der Waals surface area contributed by atoms with Crippen molar-refractivity contribution in [2.45, 2.75) is 38.6 Å². The van der Waals surface area contributed by atoms with Crippen LogP contribution in [0.25, 0.3) is 0 Å². The van der Waals surface area contributed by atoms with Gasteiger partial charge < -0.3 is 10.5 Å². The molecule has 1 aliphatic rings. The molecule has 2 heterocycles. The lowest BCUT2D eigenvalue weighted by Gasteiger charge is -2.28. The zero-order chi connectivity index (χ0) is 13.9. The summed E-state index contributed by atoms with van der Waals surface area (Å²) in [6.07, 6.45) is 1.11. The molecule has 2 rings (SSSR count). The Bertz CT molecular complexity index is 389. The summed E-state index contributed by atoms with van der Waals surface area (Å²) in [5.74, 6) is 0. The molecule has 0 radical (unpaired) electrons. The predicted molar refractivity (Wildman–Crippen MR) is 81.8 cm³/mol. The van der Waals surface area contributed by atoms with Crippen LogP contribution in [-0.4, -0.2) is 37.7 Å². The molecule has 2 N–H and O–H groups in total. The second kappa shape index (κ2) is 6.35. The molecule has 19 heavy (non-hydrogen) atoms. The fourth-order valence-electron chi connectivity index (χ4n) is 2.46. The van der Waals surface area contributed by atoms with Gasteiger partial charge >= 0.3 is 0 Å². The van der Waals surface area contributed by atoms with Crippen LogP contribution in [0.1, 0.15) is 43.0 Å². The molecular formula is C15H26N2OS. The molecule has 1 saturated heterocycles. The highest BCUT2D eigenvalue weighted by atomic mass is 32.1. The largest absolute Gasteiger partial charge is 0.380 e. The van der Waals surface area contributed by atoms with E-state index < -0.39 is 0 Å².